The molecule has 0 spiro atoms. The van der Waals surface area contributed by atoms with Gasteiger partial charge in [0.1, 0.15) is 0 Å². The van der Waals surface area contributed by atoms with Crippen molar-refractivity contribution >= 4 is 23.7 Å². The fourth-order valence-corrected chi connectivity index (χ4v) is 3.13. The molecular weight excluding hydrogens is 338 g/mol. The fraction of sp³-hybridized carbons (Fsp3) is 0.318. The maximum atomic E-state index is 12.4. The van der Waals surface area contributed by atoms with Crippen LogP contribution in [0.2, 0.25) is 0 Å². The van der Waals surface area contributed by atoms with Crippen LogP contribution in [0, 0.1) is 19.8 Å². The van der Waals surface area contributed by atoms with Crippen molar-refractivity contribution in [2.24, 2.45) is 11.0 Å². The SMILES string of the molecule is CCc1ccc(/C=N\NC(=O)[C@H]2CC(=O)N(c3ccc(C)c(C)c3)C2)cc1. The molecule has 0 saturated carbocycles. The molecule has 0 unspecified atom stereocenters. The third kappa shape index (κ3) is 4.42. The van der Waals surface area contributed by atoms with Gasteiger partial charge in [-0.2, -0.15) is 5.10 Å². The van der Waals surface area contributed by atoms with Crippen molar-refractivity contribution in [1.29, 1.82) is 0 Å². The molecule has 5 nitrogen and oxygen atoms in total. The minimum absolute atomic E-state index is 0.0301. The van der Waals surface area contributed by atoms with Crippen molar-refractivity contribution < 1.29 is 9.59 Å². The molecule has 1 aliphatic heterocycles. The second kappa shape index (κ2) is 8.16. The molecule has 140 valence electrons. The lowest BCUT2D eigenvalue weighted by Crippen LogP contribution is -2.30. The molecule has 0 bridgehead atoms. The first-order chi connectivity index (χ1) is 13.0. The Morgan fingerprint density at radius 2 is 1.93 bits per heavy atom. The first-order valence-electron chi connectivity index (χ1n) is 9.27. The Balaban J connectivity index is 1.59. The molecule has 1 saturated heterocycles. The van der Waals surface area contributed by atoms with E-state index in [2.05, 4.69) is 17.5 Å². The monoisotopic (exact) mass is 363 g/mol. The van der Waals surface area contributed by atoms with E-state index in [4.69, 9.17) is 0 Å². The van der Waals surface area contributed by atoms with Gasteiger partial charge in [-0.1, -0.05) is 37.3 Å². The van der Waals surface area contributed by atoms with Crippen molar-refractivity contribution in [2.75, 3.05) is 11.4 Å². The van der Waals surface area contributed by atoms with Gasteiger partial charge < -0.3 is 4.90 Å². The number of carbonyl (C=O) groups is 2. The normalized spacial score (nSPS) is 16.9. The van der Waals surface area contributed by atoms with E-state index in [0.29, 0.717) is 6.54 Å². The van der Waals surface area contributed by atoms with Crippen LogP contribution in [-0.2, 0) is 16.0 Å². The number of hydrazone groups is 1. The van der Waals surface area contributed by atoms with Gasteiger partial charge in [0.2, 0.25) is 11.8 Å². The van der Waals surface area contributed by atoms with Crippen molar-refractivity contribution in [2.45, 2.75) is 33.6 Å². The number of carbonyl (C=O) groups excluding carboxylic acids is 2. The highest BCUT2D eigenvalue weighted by atomic mass is 16.2. The van der Waals surface area contributed by atoms with E-state index < -0.39 is 5.92 Å². The van der Waals surface area contributed by atoms with Crippen LogP contribution >= 0.6 is 0 Å². The van der Waals surface area contributed by atoms with Crippen molar-refractivity contribution in [3.63, 3.8) is 0 Å². The van der Waals surface area contributed by atoms with E-state index in [1.54, 1.807) is 11.1 Å². The summed E-state index contributed by atoms with van der Waals surface area (Å²) in [4.78, 5) is 26.4. The molecule has 1 fully saturated rings. The maximum absolute atomic E-state index is 12.4. The molecule has 1 atom stereocenters. The summed E-state index contributed by atoms with van der Waals surface area (Å²) in [6.45, 7) is 6.54. The molecule has 2 amide bonds. The number of anilines is 1. The molecule has 1 N–H and O–H groups in total. The number of nitrogens with zero attached hydrogens (tertiary/aromatic N) is 2. The summed E-state index contributed by atoms with van der Waals surface area (Å²) in [5, 5.41) is 4.04. The van der Waals surface area contributed by atoms with Crippen LogP contribution in [0.25, 0.3) is 0 Å². The van der Waals surface area contributed by atoms with E-state index in [0.717, 1.165) is 23.2 Å². The fourth-order valence-electron chi connectivity index (χ4n) is 3.13. The first-order valence-corrected chi connectivity index (χ1v) is 9.27. The Hall–Kier alpha value is -2.95. The van der Waals surface area contributed by atoms with Crippen LogP contribution in [0.5, 0.6) is 0 Å². The Morgan fingerprint density at radius 3 is 2.59 bits per heavy atom. The summed E-state index contributed by atoms with van der Waals surface area (Å²) in [6, 6.07) is 13.9. The quantitative estimate of drug-likeness (QED) is 0.654. The van der Waals surface area contributed by atoms with Gasteiger partial charge in [-0.05, 0) is 54.7 Å². The van der Waals surface area contributed by atoms with Crippen LogP contribution in [-0.4, -0.2) is 24.6 Å². The maximum Gasteiger partial charge on any atom is 0.245 e. The average Bonchev–Trinajstić information content (AvgIpc) is 3.06. The van der Waals surface area contributed by atoms with Gasteiger partial charge in [-0.3, -0.25) is 9.59 Å². The number of hydrogen-bond acceptors (Lipinski definition) is 3. The van der Waals surface area contributed by atoms with E-state index in [-0.39, 0.29) is 18.2 Å². The molecule has 5 heteroatoms. The highest BCUT2D eigenvalue weighted by Crippen LogP contribution is 2.26. The predicted molar refractivity (Wildman–Crippen MR) is 108 cm³/mol. The number of nitrogens with one attached hydrogen (secondary N) is 1. The van der Waals surface area contributed by atoms with Crippen molar-refractivity contribution in [3.05, 3.63) is 64.7 Å². The van der Waals surface area contributed by atoms with Crippen LogP contribution in [0.1, 0.15) is 35.6 Å². The zero-order valence-corrected chi connectivity index (χ0v) is 16.0. The molecule has 1 aliphatic rings. The van der Waals surface area contributed by atoms with Gasteiger partial charge >= 0.3 is 0 Å². The molecule has 2 aromatic carbocycles. The number of rotatable bonds is 5. The summed E-state index contributed by atoms with van der Waals surface area (Å²) >= 11 is 0. The van der Waals surface area contributed by atoms with E-state index in [1.165, 1.54) is 11.1 Å². The summed E-state index contributed by atoms with van der Waals surface area (Å²) in [5.41, 5.74) is 7.90. The third-order valence-electron chi connectivity index (χ3n) is 5.07. The average molecular weight is 363 g/mol. The lowest BCUT2D eigenvalue weighted by Gasteiger charge is -2.17. The van der Waals surface area contributed by atoms with Crippen LogP contribution in [0.15, 0.2) is 47.6 Å². The van der Waals surface area contributed by atoms with Crippen LogP contribution in [0.3, 0.4) is 0 Å². The third-order valence-corrected chi connectivity index (χ3v) is 5.07. The highest BCUT2D eigenvalue weighted by Gasteiger charge is 2.35. The molecule has 27 heavy (non-hydrogen) atoms. The Kier molecular flexibility index (Phi) is 5.69. The standard InChI is InChI=1S/C22H25N3O2/c1-4-17-6-8-18(9-7-17)13-23-24-22(27)19-12-21(26)25(14-19)20-10-5-15(2)16(3)11-20/h5-11,13,19H,4,12,14H2,1-3H3,(H,24,27)/b23-13-/t19-/m0/s1. The van der Waals surface area contributed by atoms with Gasteiger partial charge in [-0.25, -0.2) is 5.43 Å². The Labute approximate surface area is 160 Å². The van der Waals surface area contributed by atoms with Gasteiger partial charge in [-0.15, -0.1) is 0 Å². The van der Waals surface area contributed by atoms with E-state index >= 15 is 0 Å². The minimum Gasteiger partial charge on any atom is -0.312 e. The van der Waals surface area contributed by atoms with Crippen LogP contribution in [0.4, 0.5) is 5.69 Å². The minimum atomic E-state index is -0.390. The van der Waals surface area contributed by atoms with Crippen molar-refractivity contribution in [1.82, 2.24) is 5.43 Å². The van der Waals surface area contributed by atoms with E-state index in [1.807, 2.05) is 56.3 Å². The van der Waals surface area contributed by atoms with Crippen molar-refractivity contribution in [3.8, 4) is 0 Å². The topological polar surface area (TPSA) is 61.8 Å². The Bertz CT molecular complexity index is 872. The summed E-state index contributed by atoms with van der Waals surface area (Å²) < 4.78 is 0. The van der Waals surface area contributed by atoms with Gasteiger partial charge in [0, 0.05) is 18.7 Å². The lowest BCUT2D eigenvalue weighted by atomic mass is 10.1. The largest absolute Gasteiger partial charge is 0.312 e. The molecule has 0 aliphatic carbocycles. The number of aryl methyl sites for hydroxylation is 3. The summed E-state index contributed by atoms with van der Waals surface area (Å²) in [5.74, 6) is -0.646. The number of hydrogen-bond donors (Lipinski definition) is 1. The number of benzene rings is 2. The first kappa shape index (κ1) is 18.8. The zero-order chi connectivity index (χ0) is 19.4. The molecule has 0 radical (unpaired) electrons. The Morgan fingerprint density at radius 1 is 1.19 bits per heavy atom. The number of amides is 2. The zero-order valence-electron chi connectivity index (χ0n) is 16.0. The molecule has 1 heterocycles. The van der Waals surface area contributed by atoms with Gasteiger partial charge in [0.05, 0.1) is 12.1 Å². The van der Waals surface area contributed by atoms with Gasteiger partial charge in [0.15, 0.2) is 0 Å². The molecule has 3 rings (SSSR count). The summed E-state index contributed by atoms with van der Waals surface area (Å²) in [7, 11) is 0. The van der Waals surface area contributed by atoms with E-state index in [9.17, 15) is 9.59 Å². The molecular formula is C22H25N3O2. The van der Waals surface area contributed by atoms with Crippen LogP contribution < -0.4 is 10.3 Å². The second-order valence-corrected chi connectivity index (χ2v) is 7.00. The molecule has 2 aromatic rings. The second-order valence-electron chi connectivity index (χ2n) is 7.00. The predicted octanol–water partition coefficient (Wildman–Crippen LogP) is 3.37. The molecule has 0 aromatic heterocycles. The van der Waals surface area contributed by atoms with Gasteiger partial charge in [0.25, 0.3) is 0 Å². The lowest BCUT2D eigenvalue weighted by molar-refractivity contribution is -0.126. The highest BCUT2D eigenvalue weighted by molar-refractivity contribution is 6.00. The smallest absolute Gasteiger partial charge is 0.245 e. The summed E-state index contributed by atoms with van der Waals surface area (Å²) in [6.07, 6.45) is 2.82.